The molecule has 0 radical (unpaired) electrons. The Kier molecular flexibility index (Phi) is 7.40. The first kappa shape index (κ1) is 14.6. The molecule has 2 N–H and O–H groups in total. The molecule has 0 fully saturated rings. The first-order valence-electron chi connectivity index (χ1n) is 5.99. The lowest BCUT2D eigenvalue weighted by Crippen LogP contribution is -2.15. The number of rotatable bonds is 8. The van der Waals surface area contributed by atoms with Crippen LogP contribution in [0.2, 0.25) is 0 Å². The van der Waals surface area contributed by atoms with Crippen LogP contribution < -0.4 is 5.32 Å². The molecule has 1 rings (SSSR count). The van der Waals surface area contributed by atoms with Crippen LogP contribution in [0.5, 0.6) is 0 Å². The number of aliphatic hydroxyl groups is 1. The van der Waals surface area contributed by atoms with Crippen molar-refractivity contribution >= 4 is 15.9 Å². The Morgan fingerprint density at radius 1 is 1.18 bits per heavy atom. The molecule has 17 heavy (non-hydrogen) atoms. The SMILES string of the molecule is OCCCCCCNCc1ccc(F)cc1Br. The first-order chi connectivity index (χ1) is 8.24. The Labute approximate surface area is 110 Å². The van der Waals surface area contributed by atoms with Gasteiger partial charge in [0.2, 0.25) is 0 Å². The molecule has 0 aliphatic rings. The molecular weight excluding hydrogens is 285 g/mol. The van der Waals surface area contributed by atoms with Crippen molar-refractivity contribution in [3.05, 3.63) is 34.1 Å². The van der Waals surface area contributed by atoms with Crippen LogP contribution in [0.15, 0.2) is 22.7 Å². The summed E-state index contributed by atoms with van der Waals surface area (Å²) in [5.41, 5.74) is 1.07. The summed E-state index contributed by atoms with van der Waals surface area (Å²) in [4.78, 5) is 0. The fourth-order valence-corrected chi connectivity index (χ4v) is 2.09. The molecule has 0 spiro atoms. The minimum atomic E-state index is -0.218. The normalized spacial score (nSPS) is 10.8. The molecule has 0 bridgehead atoms. The number of aliphatic hydroxyl groups excluding tert-OH is 1. The summed E-state index contributed by atoms with van der Waals surface area (Å²) in [5.74, 6) is -0.218. The molecule has 4 heteroatoms. The highest BCUT2D eigenvalue weighted by Crippen LogP contribution is 2.17. The van der Waals surface area contributed by atoms with Crippen molar-refractivity contribution in [2.24, 2.45) is 0 Å². The number of unbranched alkanes of at least 4 members (excludes halogenated alkanes) is 3. The van der Waals surface area contributed by atoms with Crippen LogP contribution in [-0.2, 0) is 6.54 Å². The zero-order valence-electron chi connectivity index (χ0n) is 9.88. The van der Waals surface area contributed by atoms with Crippen LogP contribution in [0.25, 0.3) is 0 Å². The maximum atomic E-state index is 12.8. The Hall–Kier alpha value is -0.450. The second-order valence-electron chi connectivity index (χ2n) is 4.05. The van der Waals surface area contributed by atoms with Crippen LogP contribution >= 0.6 is 15.9 Å². The summed E-state index contributed by atoms with van der Waals surface area (Å²) < 4.78 is 13.6. The molecule has 2 nitrogen and oxygen atoms in total. The highest BCUT2D eigenvalue weighted by molar-refractivity contribution is 9.10. The molecule has 96 valence electrons. The second kappa shape index (κ2) is 8.61. The van der Waals surface area contributed by atoms with Gasteiger partial charge >= 0.3 is 0 Å². The number of hydrogen-bond donors (Lipinski definition) is 2. The average Bonchev–Trinajstić information content (AvgIpc) is 2.30. The number of halogens is 2. The lowest BCUT2D eigenvalue weighted by atomic mass is 10.2. The third-order valence-electron chi connectivity index (χ3n) is 2.59. The van der Waals surface area contributed by atoms with E-state index in [0.29, 0.717) is 0 Å². The van der Waals surface area contributed by atoms with Gasteiger partial charge in [0.15, 0.2) is 0 Å². The van der Waals surface area contributed by atoms with Gasteiger partial charge in [-0.1, -0.05) is 34.8 Å². The van der Waals surface area contributed by atoms with Crippen molar-refractivity contribution in [3.8, 4) is 0 Å². The Balaban J connectivity index is 2.14. The van der Waals surface area contributed by atoms with Crippen molar-refractivity contribution in [1.29, 1.82) is 0 Å². The van der Waals surface area contributed by atoms with E-state index in [-0.39, 0.29) is 12.4 Å². The van der Waals surface area contributed by atoms with Gasteiger partial charge in [-0.3, -0.25) is 0 Å². The topological polar surface area (TPSA) is 32.3 Å². The molecule has 0 aliphatic heterocycles. The first-order valence-corrected chi connectivity index (χ1v) is 6.79. The molecule has 0 atom stereocenters. The largest absolute Gasteiger partial charge is 0.396 e. The van der Waals surface area contributed by atoms with Gasteiger partial charge in [-0.15, -0.1) is 0 Å². The van der Waals surface area contributed by atoms with Crippen LogP contribution in [0.1, 0.15) is 31.2 Å². The molecule has 0 amide bonds. The standard InChI is InChI=1S/C13H19BrFNO/c14-13-9-12(15)6-5-11(13)10-16-7-3-1-2-4-8-17/h5-6,9,16-17H,1-4,7-8,10H2. The van der Waals surface area contributed by atoms with Crippen molar-refractivity contribution in [2.75, 3.05) is 13.2 Å². The maximum Gasteiger partial charge on any atom is 0.124 e. The van der Waals surface area contributed by atoms with E-state index in [2.05, 4.69) is 21.2 Å². The van der Waals surface area contributed by atoms with Gasteiger partial charge in [0.25, 0.3) is 0 Å². The summed E-state index contributed by atoms with van der Waals surface area (Å²) in [5, 5.41) is 11.9. The van der Waals surface area contributed by atoms with Crippen molar-refractivity contribution < 1.29 is 9.50 Å². The van der Waals surface area contributed by atoms with Gasteiger partial charge in [0, 0.05) is 17.6 Å². The highest BCUT2D eigenvalue weighted by atomic mass is 79.9. The Morgan fingerprint density at radius 2 is 1.94 bits per heavy atom. The zero-order valence-corrected chi connectivity index (χ0v) is 11.5. The molecular formula is C13H19BrFNO. The maximum absolute atomic E-state index is 12.8. The van der Waals surface area contributed by atoms with E-state index in [4.69, 9.17) is 5.11 Å². The van der Waals surface area contributed by atoms with E-state index >= 15 is 0 Å². The average molecular weight is 304 g/mol. The predicted molar refractivity (Wildman–Crippen MR) is 71.4 cm³/mol. The molecule has 0 aromatic heterocycles. The van der Waals surface area contributed by atoms with Crippen molar-refractivity contribution in [2.45, 2.75) is 32.2 Å². The second-order valence-corrected chi connectivity index (χ2v) is 4.90. The lowest BCUT2D eigenvalue weighted by molar-refractivity contribution is 0.282. The Morgan fingerprint density at radius 3 is 2.65 bits per heavy atom. The van der Waals surface area contributed by atoms with Gasteiger partial charge in [-0.05, 0) is 37.1 Å². The molecule has 1 aromatic carbocycles. The third kappa shape index (κ3) is 6.15. The summed E-state index contributed by atoms with van der Waals surface area (Å²) in [6, 6.07) is 4.75. The van der Waals surface area contributed by atoms with E-state index in [9.17, 15) is 4.39 Å². The van der Waals surface area contributed by atoms with E-state index in [1.165, 1.54) is 12.1 Å². The molecule has 0 unspecified atom stereocenters. The van der Waals surface area contributed by atoms with Gasteiger partial charge < -0.3 is 10.4 Å². The van der Waals surface area contributed by atoms with Gasteiger partial charge in [-0.25, -0.2) is 4.39 Å². The molecule has 0 saturated heterocycles. The fourth-order valence-electron chi connectivity index (χ4n) is 1.60. The predicted octanol–water partition coefficient (Wildman–Crippen LogP) is 3.23. The Bertz CT molecular complexity index is 333. The number of benzene rings is 1. The number of hydrogen-bond acceptors (Lipinski definition) is 2. The van der Waals surface area contributed by atoms with Crippen LogP contribution in [0.4, 0.5) is 4.39 Å². The molecule has 0 aliphatic carbocycles. The smallest absolute Gasteiger partial charge is 0.124 e. The van der Waals surface area contributed by atoms with Gasteiger partial charge in [-0.2, -0.15) is 0 Å². The van der Waals surface area contributed by atoms with E-state index < -0.39 is 0 Å². The molecule has 0 heterocycles. The summed E-state index contributed by atoms with van der Waals surface area (Å²) in [6.45, 7) is 1.99. The molecule has 1 aromatic rings. The lowest BCUT2D eigenvalue weighted by Gasteiger charge is -2.07. The van der Waals surface area contributed by atoms with E-state index in [0.717, 1.165) is 48.8 Å². The quantitative estimate of drug-likeness (QED) is 0.723. The van der Waals surface area contributed by atoms with Crippen LogP contribution in [-0.4, -0.2) is 18.3 Å². The van der Waals surface area contributed by atoms with Gasteiger partial charge in [0.05, 0.1) is 0 Å². The third-order valence-corrected chi connectivity index (χ3v) is 3.33. The van der Waals surface area contributed by atoms with Crippen LogP contribution in [0.3, 0.4) is 0 Å². The number of nitrogens with one attached hydrogen (secondary N) is 1. The summed E-state index contributed by atoms with van der Waals surface area (Å²) in [6.07, 6.45) is 4.22. The minimum absolute atomic E-state index is 0.218. The summed E-state index contributed by atoms with van der Waals surface area (Å²) in [7, 11) is 0. The van der Waals surface area contributed by atoms with E-state index in [1.54, 1.807) is 6.07 Å². The highest BCUT2D eigenvalue weighted by Gasteiger charge is 2.00. The minimum Gasteiger partial charge on any atom is -0.396 e. The summed E-state index contributed by atoms with van der Waals surface area (Å²) >= 11 is 3.34. The van der Waals surface area contributed by atoms with E-state index in [1.807, 2.05) is 0 Å². The zero-order chi connectivity index (χ0) is 12.5. The monoisotopic (exact) mass is 303 g/mol. The molecule has 0 saturated carbocycles. The van der Waals surface area contributed by atoms with Gasteiger partial charge in [0.1, 0.15) is 5.82 Å². The van der Waals surface area contributed by atoms with Crippen LogP contribution in [0, 0.1) is 5.82 Å². The van der Waals surface area contributed by atoms with Crippen molar-refractivity contribution in [1.82, 2.24) is 5.32 Å². The fraction of sp³-hybridized carbons (Fsp3) is 0.538. The van der Waals surface area contributed by atoms with Crippen molar-refractivity contribution in [3.63, 3.8) is 0 Å².